The zero-order valence-corrected chi connectivity index (χ0v) is 17.3. The van der Waals surface area contributed by atoms with Crippen LogP contribution in [0.1, 0.15) is 22.8 Å². The van der Waals surface area contributed by atoms with Crippen molar-refractivity contribution in [3.63, 3.8) is 0 Å². The highest BCUT2D eigenvalue weighted by atomic mass is 79.9. The number of nitrogens with zero attached hydrogens (tertiary/aromatic N) is 5. The lowest BCUT2D eigenvalue weighted by Crippen LogP contribution is -2.20. The first-order valence-corrected chi connectivity index (χ1v) is 9.58. The molecule has 0 atom stereocenters. The summed E-state index contributed by atoms with van der Waals surface area (Å²) in [5.41, 5.74) is 3.43. The molecule has 1 aromatic carbocycles. The molecule has 0 aliphatic carbocycles. The van der Waals surface area contributed by atoms with Crippen molar-refractivity contribution in [1.82, 2.24) is 19.2 Å². The fourth-order valence-corrected chi connectivity index (χ4v) is 3.63. The maximum Gasteiger partial charge on any atom is 0.282 e. The van der Waals surface area contributed by atoms with E-state index < -0.39 is 0 Å². The smallest absolute Gasteiger partial charge is 0.282 e. The van der Waals surface area contributed by atoms with E-state index in [2.05, 4.69) is 35.6 Å². The normalized spacial score (nSPS) is 11.6. The minimum absolute atomic E-state index is 0.196. The molecule has 4 rings (SSSR count). The van der Waals surface area contributed by atoms with Gasteiger partial charge in [0.15, 0.2) is 0 Å². The van der Waals surface area contributed by atoms with Crippen molar-refractivity contribution in [2.45, 2.75) is 20.8 Å². The molecule has 0 aliphatic rings. The second-order valence-corrected chi connectivity index (χ2v) is 7.45. The molecule has 140 valence electrons. The molecule has 4 aromatic rings. The van der Waals surface area contributed by atoms with Crippen LogP contribution < -0.4 is 5.56 Å². The van der Waals surface area contributed by atoms with E-state index in [1.54, 1.807) is 25.4 Å². The molecule has 0 saturated heterocycles. The highest BCUT2D eigenvalue weighted by molar-refractivity contribution is 9.10. The van der Waals surface area contributed by atoms with E-state index in [0.717, 1.165) is 27.2 Å². The van der Waals surface area contributed by atoms with Gasteiger partial charge in [-0.3, -0.25) is 4.79 Å². The second kappa shape index (κ2) is 7.16. The number of aromatic nitrogens is 4. The van der Waals surface area contributed by atoms with Gasteiger partial charge in [-0.1, -0.05) is 22.0 Å². The van der Waals surface area contributed by atoms with Gasteiger partial charge in [-0.2, -0.15) is 9.78 Å². The molecular weight excluding hydrogens is 418 g/mol. The summed E-state index contributed by atoms with van der Waals surface area (Å²) in [4.78, 5) is 21.8. The van der Waals surface area contributed by atoms with Crippen LogP contribution >= 0.6 is 15.9 Å². The van der Waals surface area contributed by atoms with Gasteiger partial charge in [0, 0.05) is 27.6 Å². The third-order valence-corrected chi connectivity index (χ3v) is 5.12. The summed E-state index contributed by atoms with van der Waals surface area (Å²) in [6.45, 7) is 5.80. The van der Waals surface area contributed by atoms with Crippen molar-refractivity contribution >= 4 is 33.0 Å². The van der Waals surface area contributed by atoms with Crippen LogP contribution in [-0.2, 0) is 0 Å². The SMILES string of the molecule is Cc1cc(C=Nn2c(C)nc3ccc(Br)cc3c2=O)c(C)n1-c1ccccn1. The Morgan fingerprint density at radius 3 is 2.68 bits per heavy atom. The molecule has 3 heterocycles. The third-order valence-electron chi connectivity index (χ3n) is 4.63. The molecule has 0 radical (unpaired) electrons. The maximum absolute atomic E-state index is 12.9. The maximum atomic E-state index is 12.9. The fraction of sp³-hybridized carbons (Fsp3) is 0.143. The van der Waals surface area contributed by atoms with Gasteiger partial charge in [-0.15, -0.1) is 0 Å². The molecule has 28 heavy (non-hydrogen) atoms. The Morgan fingerprint density at radius 2 is 1.93 bits per heavy atom. The second-order valence-electron chi connectivity index (χ2n) is 6.53. The number of pyridine rings is 1. The summed E-state index contributed by atoms with van der Waals surface area (Å²) in [5.74, 6) is 1.39. The Balaban J connectivity index is 1.80. The Bertz CT molecular complexity index is 1270. The molecule has 0 amide bonds. The number of benzene rings is 1. The van der Waals surface area contributed by atoms with Gasteiger partial charge in [0.1, 0.15) is 11.6 Å². The van der Waals surface area contributed by atoms with E-state index in [9.17, 15) is 4.79 Å². The minimum Gasteiger partial charge on any atom is -0.303 e. The van der Waals surface area contributed by atoms with Gasteiger partial charge in [-0.25, -0.2) is 9.97 Å². The summed E-state index contributed by atoms with van der Waals surface area (Å²) in [6.07, 6.45) is 3.46. The fourth-order valence-electron chi connectivity index (χ4n) is 3.27. The number of hydrogen-bond donors (Lipinski definition) is 0. The van der Waals surface area contributed by atoms with Crippen LogP contribution in [0, 0.1) is 20.8 Å². The van der Waals surface area contributed by atoms with E-state index >= 15 is 0 Å². The van der Waals surface area contributed by atoms with Crippen LogP contribution in [0.25, 0.3) is 16.7 Å². The molecule has 6 nitrogen and oxygen atoms in total. The quantitative estimate of drug-likeness (QED) is 0.454. The minimum atomic E-state index is -0.196. The average Bonchev–Trinajstić information content (AvgIpc) is 2.96. The average molecular weight is 436 g/mol. The predicted molar refractivity (Wildman–Crippen MR) is 114 cm³/mol. The van der Waals surface area contributed by atoms with Crippen LogP contribution in [0.15, 0.2) is 63.0 Å². The Hall–Kier alpha value is -3.06. The van der Waals surface area contributed by atoms with Gasteiger partial charge in [0.25, 0.3) is 5.56 Å². The van der Waals surface area contributed by atoms with Gasteiger partial charge in [0.05, 0.1) is 17.1 Å². The van der Waals surface area contributed by atoms with E-state index in [4.69, 9.17) is 0 Å². The Morgan fingerprint density at radius 1 is 1.11 bits per heavy atom. The van der Waals surface area contributed by atoms with Crippen LogP contribution in [0.2, 0.25) is 0 Å². The third kappa shape index (κ3) is 3.18. The number of aryl methyl sites for hydroxylation is 2. The molecule has 0 bridgehead atoms. The number of hydrogen-bond acceptors (Lipinski definition) is 4. The van der Waals surface area contributed by atoms with Crippen molar-refractivity contribution in [1.29, 1.82) is 0 Å². The summed E-state index contributed by atoms with van der Waals surface area (Å²) >= 11 is 3.40. The predicted octanol–water partition coefficient (Wildman–Crippen LogP) is 4.15. The van der Waals surface area contributed by atoms with Crippen molar-refractivity contribution in [3.8, 4) is 5.82 Å². The molecular formula is C21H18BrN5O. The first-order chi connectivity index (χ1) is 13.5. The highest BCUT2D eigenvalue weighted by Gasteiger charge is 2.11. The lowest BCUT2D eigenvalue weighted by molar-refractivity contribution is 0.770. The van der Waals surface area contributed by atoms with Crippen molar-refractivity contribution in [3.05, 3.63) is 86.3 Å². The van der Waals surface area contributed by atoms with Crippen LogP contribution in [0.5, 0.6) is 0 Å². The largest absolute Gasteiger partial charge is 0.303 e. The molecule has 0 spiro atoms. The Kier molecular flexibility index (Phi) is 4.68. The van der Waals surface area contributed by atoms with Gasteiger partial charge < -0.3 is 4.57 Å². The molecule has 3 aromatic heterocycles. The summed E-state index contributed by atoms with van der Waals surface area (Å²) in [5, 5.41) is 4.96. The van der Waals surface area contributed by atoms with Gasteiger partial charge >= 0.3 is 0 Å². The lowest BCUT2D eigenvalue weighted by atomic mass is 10.2. The van der Waals surface area contributed by atoms with E-state index in [-0.39, 0.29) is 5.56 Å². The number of halogens is 1. The summed E-state index contributed by atoms with van der Waals surface area (Å²) in [6, 6.07) is 13.3. The molecule has 7 heteroatoms. The first kappa shape index (κ1) is 18.3. The monoisotopic (exact) mass is 435 g/mol. The molecule has 0 N–H and O–H groups in total. The topological polar surface area (TPSA) is 65.1 Å². The number of rotatable bonds is 3. The standard InChI is InChI=1S/C21H18BrN5O/c1-13-10-16(14(2)26(13)20-6-4-5-9-23-20)12-24-27-15(3)25-19-8-7-17(22)11-18(19)21(27)28/h4-12H,1-3H3. The molecule has 0 fully saturated rings. The van der Waals surface area contributed by atoms with Crippen molar-refractivity contribution in [2.24, 2.45) is 5.10 Å². The zero-order chi connectivity index (χ0) is 19.8. The van der Waals surface area contributed by atoms with E-state index in [1.165, 1.54) is 4.68 Å². The lowest BCUT2D eigenvalue weighted by Gasteiger charge is -2.08. The summed E-state index contributed by atoms with van der Waals surface area (Å²) < 4.78 is 4.23. The van der Waals surface area contributed by atoms with Crippen LogP contribution in [0.4, 0.5) is 0 Å². The first-order valence-electron chi connectivity index (χ1n) is 8.79. The molecule has 0 saturated carbocycles. The van der Waals surface area contributed by atoms with Crippen molar-refractivity contribution in [2.75, 3.05) is 0 Å². The van der Waals surface area contributed by atoms with Gasteiger partial charge in [-0.05, 0) is 57.2 Å². The zero-order valence-electron chi connectivity index (χ0n) is 15.7. The Labute approximate surface area is 170 Å². The van der Waals surface area contributed by atoms with Crippen LogP contribution in [0.3, 0.4) is 0 Å². The number of fused-ring (bicyclic) bond motifs is 1. The summed E-state index contributed by atoms with van der Waals surface area (Å²) in [7, 11) is 0. The molecule has 0 unspecified atom stereocenters. The van der Waals surface area contributed by atoms with E-state index in [0.29, 0.717) is 16.7 Å². The van der Waals surface area contributed by atoms with Gasteiger partial charge in [0.2, 0.25) is 0 Å². The highest BCUT2D eigenvalue weighted by Crippen LogP contribution is 2.19. The van der Waals surface area contributed by atoms with Crippen molar-refractivity contribution < 1.29 is 0 Å². The van der Waals surface area contributed by atoms with E-state index in [1.807, 2.05) is 50.2 Å². The van der Waals surface area contributed by atoms with Crippen LogP contribution in [-0.4, -0.2) is 25.4 Å². The molecule has 0 aliphatic heterocycles.